The van der Waals surface area contributed by atoms with E-state index in [-0.39, 0.29) is 11.7 Å². The molecule has 0 aliphatic rings. The summed E-state index contributed by atoms with van der Waals surface area (Å²) >= 11 is 0. The molecule has 0 radical (unpaired) electrons. The van der Waals surface area contributed by atoms with Crippen LogP contribution in [0.4, 0.5) is 0 Å². The van der Waals surface area contributed by atoms with Crippen LogP contribution in [0.15, 0.2) is 36.4 Å². The second kappa shape index (κ2) is 15.5. The zero-order valence-electron chi connectivity index (χ0n) is 16.4. The number of allylic oxidation sites excluding steroid dienone is 1. The van der Waals surface area contributed by atoms with E-state index >= 15 is 0 Å². The maximum atomic E-state index is 11.8. The number of aromatic hydroxyl groups is 1. The van der Waals surface area contributed by atoms with Crippen molar-refractivity contribution in [2.45, 2.75) is 84.0 Å². The van der Waals surface area contributed by atoms with Crippen molar-refractivity contribution < 1.29 is 14.6 Å². The largest absolute Gasteiger partial charge is 0.508 e. The first kappa shape index (κ1) is 22.3. The zero-order chi connectivity index (χ0) is 18.9. The number of phenols is 1. The Bertz CT molecular complexity index is 491. The van der Waals surface area contributed by atoms with Crippen molar-refractivity contribution in [2.24, 2.45) is 0 Å². The monoisotopic (exact) mass is 360 g/mol. The molecule has 0 bridgehead atoms. The molecule has 1 aromatic carbocycles. The number of carbonyl (C=O) groups is 1. The Morgan fingerprint density at radius 2 is 1.38 bits per heavy atom. The van der Waals surface area contributed by atoms with Crippen molar-refractivity contribution in [3.63, 3.8) is 0 Å². The van der Waals surface area contributed by atoms with Gasteiger partial charge in [0.25, 0.3) is 0 Å². The number of esters is 1. The lowest BCUT2D eigenvalue weighted by Crippen LogP contribution is -2.05. The molecule has 146 valence electrons. The van der Waals surface area contributed by atoms with Crippen LogP contribution in [0.1, 0.15) is 94.3 Å². The Morgan fingerprint density at radius 3 is 2.00 bits per heavy atom. The summed E-state index contributed by atoms with van der Waals surface area (Å²) in [4.78, 5) is 11.8. The van der Waals surface area contributed by atoms with Crippen molar-refractivity contribution in [3.8, 4) is 5.75 Å². The SMILES string of the molecule is CCCCCCCCCCCC/C=C/CCOC(=O)c1ccc(O)cc1. The Morgan fingerprint density at radius 1 is 0.846 bits per heavy atom. The normalized spacial score (nSPS) is 11.1. The highest BCUT2D eigenvalue weighted by atomic mass is 16.5. The van der Waals surface area contributed by atoms with Crippen LogP contribution in [-0.4, -0.2) is 17.7 Å². The van der Waals surface area contributed by atoms with Gasteiger partial charge in [-0.15, -0.1) is 0 Å². The number of benzene rings is 1. The minimum atomic E-state index is -0.340. The van der Waals surface area contributed by atoms with Crippen molar-refractivity contribution in [1.82, 2.24) is 0 Å². The molecule has 1 N–H and O–H groups in total. The Hall–Kier alpha value is -1.77. The molecule has 0 spiro atoms. The van der Waals surface area contributed by atoms with Crippen LogP contribution in [0.25, 0.3) is 0 Å². The third-order valence-electron chi connectivity index (χ3n) is 4.51. The third-order valence-corrected chi connectivity index (χ3v) is 4.51. The predicted molar refractivity (Wildman–Crippen MR) is 109 cm³/mol. The van der Waals surface area contributed by atoms with E-state index in [9.17, 15) is 9.90 Å². The number of ether oxygens (including phenoxy) is 1. The Labute approximate surface area is 159 Å². The molecule has 3 nitrogen and oxygen atoms in total. The minimum absolute atomic E-state index is 0.149. The van der Waals surface area contributed by atoms with Gasteiger partial charge in [0.1, 0.15) is 5.75 Å². The first-order valence-electron chi connectivity index (χ1n) is 10.3. The van der Waals surface area contributed by atoms with Gasteiger partial charge in [-0.2, -0.15) is 0 Å². The first-order chi connectivity index (χ1) is 12.7. The van der Waals surface area contributed by atoms with E-state index in [2.05, 4.69) is 19.1 Å². The van der Waals surface area contributed by atoms with E-state index in [1.165, 1.54) is 76.3 Å². The molecule has 0 atom stereocenters. The molecule has 26 heavy (non-hydrogen) atoms. The van der Waals surface area contributed by atoms with Crippen molar-refractivity contribution in [2.75, 3.05) is 6.61 Å². The highest BCUT2D eigenvalue weighted by Gasteiger charge is 2.05. The molecular formula is C23H36O3. The summed E-state index contributed by atoms with van der Waals surface area (Å²) in [6.07, 6.45) is 19.8. The van der Waals surface area contributed by atoms with Crippen LogP contribution in [0.2, 0.25) is 0 Å². The number of hydrogen-bond acceptors (Lipinski definition) is 3. The first-order valence-corrected chi connectivity index (χ1v) is 10.3. The lowest BCUT2D eigenvalue weighted by atomic mass is 10.1. The Balaban J connectivity index is 1.89. The molecule has 0 saturated carbocycles. The number of phenolic OH excluding ortho intramolecular Hbond substituents is 1. The molecule has 0 unspecified atom stereocenters. The summed E-state index contributed by atoms with van der Waals surface area (Å²) in [7, 11) is 0. The number of rotatable bonds is 15. The second-order valence-corrected chi connectivity index (χ2v) is 6.91. The van der Waals surface area contributed by atoms with Crippen LogP contribution in [-0.2, 0) is 4.74 Å². The number of unbranched alkanes of at least 4 members (excludes halogenated alkanes) is 10. The van der Waals surface area contributed by atoms with Gasteiger partial charge < -0.3 is 9.84 Å². The van der Waals surface area contributed by atoms with Gasteiger partial charge in [-0.25, -0.2) is 4.79 Å². The quantitative estimate of drug-likeness (QED) is 0.212. The average Bonchev–Trinajstić information content (AvgIpc) is 2.65. The number of hydrogen-bond donors (Lipinski definition) is 1. The molecular weight excluding hydrogens is 324 g/mol. The molecule has 1 rings (SSSR count). The van der Waals surface area contributed by atoms with E-state index in [4.69, 9.17) is 4.74 Å². The van der Waals surface area contributed by atoms with Gasteiger partial charge in [0.2, 0.25) is 0 Å². The van der Waals surface area contributed by atoms with Crippen molar-refractivity contribution in [1.29, 1.82) is 0 Å². The molecule has 0 aliphatic carbocycles. The molecule has 0 saturated heterocycles. The second-order valence-electron chi connectivity index (χ2n) is 6.91. The smallest absolute Gasteiger partial charge is 0.338 e. The van der Waals surface area contributed by atoms with Crippen LogP contribution < -0.4 is 0 Å². The molecule has 0 fully saturated rings. The molecule has 1 aromatic rings. The summed E-state index contributed by atoms with van der Waals surface area (Å²) in [5, 5.41) is 9.19. The third kappa shape index (κ3) is 11.7. The van der Waals surface area contributed by atoms with Gasteiger partial charge in [0, 0.05) is 0 Å². The van der Waals surface area contributed by atoms with Crippen LogP contribution >= 0.6 is 0 Å². The van der Waals surface area contributed by atoms with E-state index < -0.39 is 0 Å². The van der Waals surface area contributed by atoms with E-state index in [0.29, 0.717) is 12.2 Å². The van der Waals surface area contributed by atoms with E-state index in [0.717, 1.165) is 12.8 Å². The maximum Gasteiger partial charge on any atom is 0.338 e. The zero-order valence-corrected chi connectivity index (χ0v) is 16.4. The topological polar surface area (TPSA) is 46.5 Å². The van der Waals surface area contributed by atoms with E-state index in [1.54, 1.807) is 12.1 Å². The molecule has 0 amide bonds. The molecule has 0 aliphatic heterocycles. The maximum absolute atomic E-state index is 11.8. The summed E-state index contributed by atoms with van der Waals surface area (Å²) < 4.78 is 5.20. The average molecular weight is 361 g/mol. The van der Waals surface area contributed by atoms with Crippen molar-refractivity contribution in [3.05, 3.63) is 42.0 Å². The van der Waals surface area contributed by atoms with Gasteiger partial charge in [-0.1, -0.05) is 76.9 Å². The van der Waals surface area contributed by atoms with Gasteiger partial charge in [-0.3, -0.25) is 0 Å². The molecule has 3 heteroatoms. The van der Waals surface area contributed by atoms with Gasteiger partial charge in [0.05, 0.1) is 12.2 Å². The fourth-order valence-corrected chi connectivity index (χ4v) is 2.89. The summed E-state index contributed by atoms with van der Waals surface area (Å²) in [6.45, 7) is 2.66. The fraction of sp³-hybridized carbons (Fsp3) is 0.609. The van der Waals surface area contributed by atoms with Gasteiger partial charge in [-0.05, 0) is 43.5 Å². The highest BCUT2D eigenvalue weighted by molar-refractivity contribution is 5.89. The van der Waals surface area contributed by atoms with Crippen LogP contribution in [0.5, 0.6) is 5.75 Å². The van der Waals surface area contributed by atoms with Crippen LogP contribution in [0, 0.1) is 0 Å². The van der Waals surface area contributed by atoms with Crippen molar-refractivity contribution >= 4 is 5.97 Å². The van der Waals surface area contributed by atoms with Gasteiger partial charge >= 0.3 is 5.97 Å². The molecule has 0 aromatic heterocycles. The molecule has 0 heterocycles. The van der Waals surface area contributed by atoms with Gasteiger partial charge in [0.15, 0.2) is 0 Å². The lowest BCUT2D eigenvalue weighted by molar-refractivity contribution is 0.0511. The summed E-state index contributed by atoms with van der Waals surface area (Å²) in [5.74, 6) is -0.190. The predicted octanol–water partition coefficient (Wildman–Crippen LogP) is 6.81. The highest BCUT2D eigenvalue weighted by Crippen LogP contribution is 2.12. The Kier molecular flexibility index (Phi) is 13.3. The summed E-state index contributed by atoms with van der Waals surface area (Å²) in [5.41, 5.74) is 0.470. The summed E-state index contributed by atoms with van der Waals surface area (Å²) in [6, 6.07) is 6.11. The minimum Gasteiger partial charge on any atom is -0.508 e. The lowest BCUT2D eigenvalue weighted by Gasteiger charge is -2.03. The van der Waals surface area contributed by atoms with Crippen LogP contribution in [0.3, 0.4) is 0 Å². The van der Waals surface area contributed by atoms with E-state index in [1.807, 2.05) is 0 Å². The number of carbonyl (C=O) groups excluding carboxylic acids is 1. The standard InChI is InChI=1S/C23H36O3/c1-2-3-4-5-6-7-8-9-10-11-12-13-14-15-20-26-23(25)21-16-18-22(24)19-17-21/h13-14,16-19,24H,2-12,15,20H2,1H3/b14-13+. The fourth-order valence-electron chi connectivity index (χ4n) is 2.89.